The van der Waals surface area contributed by atoms with Crippen molar-refractivity contribution in [3.8, 4) is 0 Å². The van der Waals surface area contributed by atoms with Gasteiger partial charge >= 0.3 is 0 Å². The molecule has 0 fully saturated rings. The van der Waals surface area contributed by atoms with Crippen molar-refractivity contribution in [1.82, 2.24) is 9.38 Å². The summed E-state index contributed by atoms with van der Waals surface area (Å²) in [5.41, 5.74) is 0.685. The number of para-hydroxylation sites is 1. The van der Waals surface area contributed by atoms with Gasteiger partial charge in [-0.15, -0.1) is 0 Å². The second kappa shape index (κ2) is 3.05. The van der Waals surface area contributed by atoms with Gasteiger partial charge in [0.2, 0.25) is 0 Å². The van der Waals surface area contributed by atoms with E-state index >= 15 is 0 Å². The highest BCUT2D eigenvalue weighted by Crippen LogP contribution is 2.29. The summed E-state index contributed by atoms with van der Waals surface area (Å²) in [4.78, 5) is 15.7. The lowest BCUT2D eigenvalue weighted by atomic mass is 10.3. The van der Waals surface area contributed by atoms with E-state index in [1.807, 2.05) is 22.6 Å². The third-order valence-electron chi connectivity index (χ3n) is 2.17. The van der Waals surface area contributed by atoms with Crippen LogP contribution in [0.2, 0.25) is 5.02 Å². The molecule has 0 radical (unpaired) electrons. The average molecular weight is 237 g/mol. The van der Waals surface area contributed by atoms with E-state index in [-0.39, 0.29) is 5.56 Å². The molecule has 0 spiro atoms. The maximum atomic E-state index is 11.1. The van der Waals surface area contributed by atoms with Crippen LogP contribution in [0.5, 0.6) is 0 Å². The molecule has 5 heteroatoms. The minimum atomic E-state index is -0.224. The SMILES string of the molecule is O=c1ccn2c(n1)sc1cccc(Cl)c12. The van der Waals surface area contributed by atoms with Gasteiger partial charge in [0.1, 0.15) is 0 Å². The van der Waals surface area contributed by atoms with Crippen LogP contribution < -0.4 is 5.56 Å². The fraction of sp³-hybridized carbons (Fsp3) is 0. The molecule has 0 aliphatic heterocycles. The van der Waals surface area contributed by atoms with Crippen LogP contribution in [0.25, 0.3) is 15.2 Å². The molecule has 15 heavy (non-hydrogen) atoms. The largest absolute Gasteiger partial charge is 0.290 e. The van der Waals surface area contributed by atoms with Crippen LogP contribution >= 0.6 is 22.9 Å². The third-order valence-corrected chi connectivity index (χ3v) is 3.49. The van der Waals surface area contributed by atoms with Crippen LogP contribution in [0.3, 0.4) is 0 Å². The van der Waals surface area contributed by atoms with Crippen molar-refractivity contribution in [2.45, 2.75) is 0 Å². The number of halogens is 1. The molecule has 3 nitrogen and oxygen atoms in total. The number of aromatic nitrogens is 2. The molecule has 74 valence electrons. The van der Waals surface area contributed by atoms with Gasteiger partial charge in [0.15, 0.2) is 4.96 Å². The lowest BCUT2D eigenvalue weighted by Gasteiger charge is -1.95. The van der Waals surface area contributed by atoms with Crippen LogP contribution in [0.15, 0.2) is 35.3 Å². The van der Waals surface area contributed by atoms with Crippen LogP contribution in [-0.2, 0) is 0 Å². The first-order chi connectivity index (χ1) is 7.25. The Labute approximate surface area is 93.6 Å². The van der Waals surface area contributed by atoms with Gasteiger partial charge in [0.05, 0.1) is 15.2 Å². The second-order valence-corrected chi connectivity index (χ2v) is 4.52. The summed E-state index contributed by atoms with van der Waals surface area (Å²) in [5.74, 6) is 0. The smallest absolute Gasteiger partial charge is 0.273 e. The Morgan fingerprint density at radius 1 is 1.33 bits per heavy atom. The quantitative estimate of drug-likeness (QED) is 0.601. The molecule has 2 heterocycles. The summed E-state index contributed by atoms with van der Waals surface area (Å²) in [5, 5.41) is 0.671. The van der Waals surface area contributed by atoms with Crippen molar-refractivity contribution >= 4 is 38.1 Å². The highest BCUT2D eigenvalue weighted by molar-refractivity contribution is 7.23. The molecule has 0 bridgehead atoms. The molecule has 0 unspecified atom stereocenters. The van der Waals surface area contributed by atoms with Crippen LogP contribution in [0.1, 0.15) is 0 Å². The van der Waals surface area contributed by atoms with Crippen LogP contribution in [0.4, 0.5) is 0 Å². The third kappa shape index (κ3) is 1.26. The molecule has 0 aliphatic carbocycles. The maximum Gasteiger partial charge on any atom is 0.273 e. The summed E-state index contributed by atoms with van der Waals surface area (Å²) in [7, 11) is 0. The lowest BCUT2D eigenvalue weighted by Crippen LogP contribution is -2.04. The zero-order chi connectivity index (χ0) is 10.4. The van der Waals surface area contributed by atoms with E-state index in [2.05, 4.69) is 4.98 Å². The van der Waals surface area contributed by atoms with E-state index in [4.69, 9.17) is 11.6 Å². The Kier molecular flexibility index (Phi) is 1.81. The molecular formula is C10H5ClN2OS. The van der Waals surface area contributed by atoms with Crippen molar-refractivity contribution in [1.29, 1.82) is 0 Å². The highest BCUT2D eigenvalue weighted by atomic mass is 35.5. The molecule has 0 saturated carbocycles. The number of thiazole rings is 1. The van der Waals surface area contributed by atoms with Gasteiger partial charge in [-0.1, -0.05) is 29.0 Å². The summed E-state index contributed by atoms with van der Waals surface area (Å²) in [6.07, 6.45) is 1.70. The zero-order valence-electron chi connectivity index (χ0n) is 7.48. The number of hydrogen-bond donors (Lipinski definition) is 0. The van der Waals surface area contributed by atoms with Gasteiger partial charge in [-0.25, -0.2) is 0 Å². The monoisotopic (exact) mass is 236 g/mol. The predicted octanol–water partition coefficient (Wildman–Crippen LogP) is 2.56. The first-order valence-electron chi connectivity index (χ1n) is 4.32. The number of nitrogens with zero attached hydrogens (tertiary/aromatic N) is 2. The minimum Gasteiger partial charge on any atom is -0.290 e. The Bertz CT molecular complexity index is 716. The van der Waals surface area contributed by atoms with Crippen LogP contribution in [0, 0.1) is 0 Å². The van der Waals surface area contributed by atoms with Gasteiger partial charge in [-0.05, 0) is 12.1 Å². The number of rotatable bonds is 0. The molecule has 2 aromatic heterocycles. The van der Waals surface area contributed by atoms with E-state index < -0.39 is 0 Å². The van der Waals surface area contributed by atoms with E-state index in [1.54, 1.807) is 6.20 Å². The Hall–Kier alpha value is -1.39. The summed E-state index contributed by atoms with van der Waals surface area (Å²) in [6, 6.07) is 7.11. The Morgan fingerprint density at radius 2 is 2.20 bits per heavy atom. The first kappa shape index (κ1) is 8.88. The van der Waals surface area contributed by atoms with Gasteiger partial charge in [-0.3, -0.25) is 9.20 Å². The van der Waals surface area contributed by atoms with Gasteiger partial charge < -0.3 is 0 Å². The van der Waals surface area contributed by atoms with Crippen LogP contribution in [-0.4, -0.2) is 9.38 Å². The normalized spacial score (nSPS) is 11.3. The summed E-state index contributed by atoms with van der Waals surface area (Å²) in [6.45, 7) is 0. The molecule has 3 rings (SSSR count). The molecule has 1 aromatic carbocycles. The van der Waals surface area contributed by atoms with Crippen molar-refractivity contribution in [2.24, 2.45) is 0 Å². The predicted molar refractivity (Wildman–Crippen MR) is 61.9 cm³/mol. The lowest BCUT2D eigenvalue weighted by molar-refractivity contribution is 1.14. The molecule has 0 saturated heterocycles. The Balaban J connectivity index is 2.64. The van der Waals surface area contributed by atoms with Crippen molar-refractivity contribution < 1.29 is 0 Å². The minimum absolute atomic E-state index is 0.224. The van der Waals surface area contributed by atoms with Crippen molar-refractivity contribution in [3.63, 3.8) is 0 Å². The number of hydrogen-bond acceptors (Lipinski definition) is 3. The summed E-state index contributed by atoms with van der Waals surface area (Å²) < 4.78 is 2.87. The topological polar surface area (TPSA) is 34.4 Å². The van der Waals surface area contributed by atoms with Gasteiger partial charge in [-0.2, -0.15) is 4.98 Å². The number of benzene rings is 1. The van der Waals surface area contributed by atoms with Crippen molar-refractivity contribution in [3.05, 3.63) is 45.8 Å². The fourth-order valence-electron chi connectivity index (χ4n) is 1.54. The first-order valence-corrected chi connectivity index (χ1v) is 5.51. The molecule has 3 aromatic rings. The highest BCUT2D eigenvalue weighted by Gasteiger charge is 2.07. The molecule has 0 amide bonds. The zero-order valence-corrected chi connectivity index (χ0v) is 9.05. The second-order valence-electron chi connectivity index (χ2n) is 3.11. The summed E-state index contributed by atoms with van der Waals surface area (Å²) >= 11 is 7.55. The van der Waals surface area contributed by atoms with E-state index in [0.29, 0.717) is 9.98 Å². The van der Waals surface area contributed by atoms with Crippen molar-refractivity contribution in [2.75, 3.05) is 0 Å². The average Bonchev–Trinajstić information content (AvgIpc) is 2.56. The van der Waals surface area contributed by atoms with E-state index in [1.165, 1.54) is 17.4 Å². The Morgan fingerprint density at radius 3 is 3.07 bits per heavy atom. The fourth-order valence-corrected chi connectivity index (χ4v) is 2.90. The maximum absolute atomic E-state index is 11.1. The standard InChI is InChI=1S/C10H5ClN2OS/c11-6-2-1-3-7-9(6)13-5-4-8(14)12-10(13)15-7/h1-5H. The van der Waals surface area contributed by atoms with Gasteiger partial charge in [0.25, 0.3) is 5.56 Å². The van der Waals surface area contributed by atoms with E-state index in [9.17, 15) is 4.79 Å². The molecule has 0 aliphatic rings. The molecular weight excluding hydrogens is 232 g/mol. The molecule has 0 N–H and O–H groups in total. The number of fused-ring (bicyclic) bond motifs is 3. The van der Waals surface area contributed by atoms with Gasteiger partial charge in [0, 0.05) is 12.3 Å². The molecule has 0 atom stereocenters. The van der Waals surface area contributed by atoms with E-state index in [0.717, 1.165) is 10.2 Å².